The maximum absolute atomic E-state index is 10.8. The van der Waals surface area contributed by atoms with Crippen LogP contribution in [0.15, 0.2) is 59.7 Å². The number of nitro benzene ring substituents is 1. The quantitative estimate of drug-likeness (QED) is 0.454. The van der Waals surface area contributed by atoms with Crippen molar-refractivity contribution in [2.45, 2.75) is 0 Å². The number of hydrogen-bond acceptors (Lipinski definition) is 5. The zero-order valence-electron chi connectivity index (χ0n) is 11.4. The first-order valence-corrected chi connectivity index (χ1v) is 6.50. The first-order valence-electron chi connectivity index (χ1n) is 6.50. The van der Waals surface area contributed by atoms with Crippen molar-refractivity contribution in [1.82, 2.24) is 4.98 Å². The summed E-state index contributed by atoms with van der Waals surface area (Å²) in [5.41, 5.74) is 1.64. The number of nitrogens with zero attached hydrogens (tertiary/aromatic N) is 3. The first kappa shape index (κ1) is 13.7. The van der Waals surface area contributed by atoms with Crippen molar-refractivity contribution in [3.63, 3.8) is 0 Å². The van der Waals surface area contributed by atoms with E-state index < -0.39 is 4.92 Å². The fourth-order valence-corrected chi connectivity index (χ4v) is 2.03. The van der Waals surface area contributed by atoms with E-state index in [1.165, 1.54) is 24.4 Å². The van der Waals surface area contributed by atoms with Gasteiger partial charge in [0.25, 0.3) is 5.69 Å². The molecule has 1 aromatic heterocycles. The smallest absolute Gasteiger partial charge is 0.270 e. The molecule has 0 aliphatic rings. The van der Waals surface area contributed by atoms with Crippen molar-refractivity contribution < 1.29 is 10.0 Å². The van der Waals surface area contributed by atoms with Crippen LogP contribution >= 0.6 is 0 Å². The highest BCUT2D eigenvalue weighted by atomic mass is 16.6. The normalized spacial score (nSPS) is 11.1. The Kier molecular flexibility index (Phi) is 3.49. The number of aliphatic imine (C=N–C) groups is 1. The summed E-state index contributed by atoms with van der Waals surface area (Å²) >= 11 is 0. The summed E-state index contributed by atoms with van der Waals surface area (Å²) in [6, 6.07) is 13.3. The van der Waals surface area contributed by atoms with Crippen LogP contribution in [-0.2, 0) is 0 Å². The number of para-hydroxylation sites is 1. The van der Waals surface area contributed by atoms with Crippen LogP contribution in [0.2, 0.25) is 0 Å². The highest BCUT2D eigenvalue weighted by Gasteiger charge is 2.08. The molecule has 3 aromatic rings. The van der Waals surface area contributed by atoms with Gasteiger partial charge in [0, 0.05) is 29.3 Å². The highest BCUT2D eigenvalue weighted by molar-refractivity contribution is 5.87. The van der Waals surface area contributed by atoms with E-state index in [9.17, 15) is 15.2 Å². The largest absolute Gasteiger partial charge is 0.507 e. The lowest BCUT2D eigenvalue weighted by Gasteiger charge is -2.00. The van der Waals surface area contributed by atoms with Crippen LogP contribution in [0.4, 0.5) is 11.4 Å². The lowest BCUT2D eigenvalue weighted by molar-refractivity contribution is -0.384. The Hall–Kier alpha value is -3.28. The molecule has 108 valence electrons. The van der Waals surface area contributed by atoms with Gasteiger partial charge in [-0.25, -0.2) is 0 Å². The summed E-state index contributed by atoms with van der Waals surface area (Å²) < 4.78 is 0. The number of hydrogen-bond donors (Lipinski definition) is 1. The Labute approximate surface area is 125 Å². The second-order valence-corrected chi connectivity index (χ2v) is 4.64. The molecule has 1 heterocycles. The predicted octanol–water partition coefficient (Wildman–Crippen LogP) is 3.60. The standard InChI is InChI=1S/C16H11N3O3/c20-16-6-5-14(19(21)22)8-12(16)9-17-13-7-11-3-1-2-4-15(11)18-10-13/h1-10,20H. The molecule has 0 atom stereocenters. The van der Waals surface area contributed by atoms with E-state index in [1.807, 2.05) is 30.3 Å². The SMILES string of the molecule is O=[N+]([O-])c1ccc(O)c(C=Nc2cnc3ccccc3c2)c1. The first-order chi connectivity index (χ1) is 10.6. The fraction of sp³-hybridized carbons (Fsp3) is 0. The van der Waals surface area contributed by atoms with Crippen LogP contribution in [0.5, 0.6) is 5.75 Å². The van der Waals surface area contributed by atoms with Crippen LogP contribution in [0.25, 0.3) is 10.9 Å². The highest BCUT2D eigenvalue weighted by Crippen LogP contribution is 2.23. The topological polar surface area (TPSA) is 88.6 Å². The lowest BCUT2D eigenvalue weighted by atomic mass is 10.2. The van der Waals surface area contributed by atoms with E-state index in [-0.39, 0.29) is 17.0 Å². The van der Waals surface area contributed by atoms with Crippen LogP contribution in [-0.4, -0.2) is 21.2 Å². The number of pyridine rings is 1. The average molecular weight is 293 g/mol. The third-order valence-corrected chi connectivity index (χ3v) is 3.15. The Balaban J connectivity index is 1.95. The van der Waals surface area contributed by atoms with Gasteiger partial charge in [-0.1, -0.05) is 18.2 Å². The molecule has 6 heteroatoms. The van der Waals surface area contributed by atoms with Crippen LogP contribution < -0.4 is 0 Å². The molecule has 1 N–H and O–H groups in total. The van der Waals surface area contributed by atoms with Crippen molar-refractivity contribution in [3.8, 4) is 5.75 Å². The minimum atomic E-state index is -0.519. The minimum absolute atomic E-state index is 0.0666. The van der Waals surface area contributed by atoms with Crippen molar-refractivity contribution in [2.24, 2.45) is 4.99 Å². The average Bonchev–Trinajstić information content (AvgIpc) is 2.53. The molecular weight excluding hydrogens is 282 g/mol. The number of rotatable bonds is 3. The summed E-state index contributed by atoms with van der Waals surface area (Å²) in [6.45, 7) is 0. The third kappa shape index (κ3) is 2.76. The number of nitro groups is 1. The van der Waals surface area contributed by atoms with E-state index in [0.717, 1.165) is 10.9 Å². The van der Waals surface area contributed by atoms with Gasteiger partial charge < -0.3 is 5.11 Å². The van der Waals surface area contributed by atoms with Crippen LogP contribution in [0.1, 0.15) is 5.56 Å². The molecule has 0 aliphatic heterocycles. The third-order valence-electron chi connectivity index (χ3n) is 3.15. The van der Waals surface area contributed by atoms with Gasteiger partial charge in [-0.3, -0.25) is 20.1 Å². The zero-order chi connectivity index (χ0) is 15.5. The Morgan fingerprint density at radius 2 is 2.00 bits per heavy atom. The van der Waals surface area contributed by atoms with Gasteiger partial charge in [0.05, 0.1) is 22.3 Å². The molecule has 0 amide bonds. The zero-order valence-corrected chi connectivity index (χ0v) is 11.4. The van der Waals surface area contributed by atoms with Gasteiger partial charge in [0.2, 0.25) is 0 Å². The minimum Gasteiger partial charge on any atom is -0.507 e. The van der Waals surface area contributed by atoms with E-state index in [0.29, 0.717) is 5.69 Å². The molecular formula is C16H11N3O3. The van der Waals surface area contributed by atoms with Gasteiger partial charge >= 0.3 is 0 Å². The van der Waals surface area contributed by atoms with Crippen molar-refractivity contribution >= 4 is 28.5 Å². The van der Waals surface area contributed by atoms with Gasteiger partial charge in [-0.2, -0.15) is 0 Å². The second-order valence-electron chi connectivity index (χ2n) is 4.64. The summed E-state index contributed by atoms with van der Waals surface area (Å²) in [5.74, 6) is -0.0666. The molecule has 0 saturated carbocycles. The molecule has 6 nitrogen and oxygen atoms in total. The molecule has 0 bridgehead atoms. The van der Waals surface area contributed by atoms with Gasteiger partial charge in [0.15, 0.2) is 0 Å². The van der Waals surface area contributed by atoms with E-state index in [4.69, 9.17) is 0 Å². The van der Waals surface area contributed by atoms with Crippen molar-refractivity contribution in [1.29, 1.82) is 0 Å². The summed E-state index contributed by atoms with van der Waals surface area (Å²) in [7, 11) is 0. The van der Waals surface area contributed by atoms with Crippen LogP contribution in [0.3, 0.4) is 0 Å². The number of fused-ring (bicyclic) bond motifs is 1. The van der Waals surface area contributed by atoms with Crippen LogP contribution in [0, 0.1) is 10.1 Å². The summed E-state index contributed by atoms with van der Waals surface area (Å²) in [5, 5.41) is 21.4. The Morgan fingerprint density at radius 3 is 2.82 bits per heavy atom. The number of non-ortho nitro benzene ring substituents is 1. The number of aromatic nitrogens is 1. The van der Waals surface area contributed by atoms with Gasteiger partial charge in [-0.05, 0) is 18.2 Å². The number of benzene rings is 2. The van der Waals surface area contributed by atoms with Crippen molar-refractivity contribution in [2.75, 3.05) is 0 Å². The molecule has 0 fully saturated rings. The van der Waals surface area contributed by atoms with Crippen molar-refractivity contribution in [3.05, 3.63) is 70.4 Å². The van der Waals surface area contributed by atoms with E-state index in [1.54, 1.807) is 6.20 Å². The molecule has 2 aromatic carbocycles. The second kappa shape index (κ2) is 5.61. The summed E-state index contributed by atoms with van der Waals surface area (Å²) in [4.78, 5) is 18.7. The maximum atomic E-state index is 10.8. The molecule has 3 rings (SSSR count). The Morgan fingerprint density at radius 1 is 1.18 bits per heavy atom. The molecule has 22 heavy (non-hydrogen) atoms. The number of phenolic OH excluding ortho intramolecular Hbond substituents is 1. The molecule has 0 saturated heterocycles. The molecule has 0 radical (unpaired) electrons. The maximum Gasteiger partial charge on any atom is 0.270 e. The lowest BCUT2D eigenvalue weighted by Crippen LogP contribution is -1.90. The van der Waals surface area contributed by atoms with Gasteiger partial charge in [-0.15, -0.1) is 0 Å². The fourth-order valence-electron chi connectivity index (χ4n) is 2.03. The monoisotopic (exact) mass is 293 g/mol. The summed E-state index contributed by atoms with van der Waals surface area (Å²) in [6.07, 6.45) is 2.99. The van der Waals surface area contributed by atoms with Gasteiger partial charge in [0.1, 0.15) is 5.75 Å². The van der Waals surface area contributed by atoms with E-state index in [2.05, 4.69) is 9.98 Å². The molecule has 0 aliphatic carbocycles. The predicted molar refractivity (Wildman–Crippen MR) is 83.8 cm³/mol. The number of aromatic hydroxyl groups is 1. The Bertz CT molecular complexity index is 891. The number of phenols is 1. The molecule has 0 spiro atoms. The van der Waals surface area contributed by atoms with E-state index >= 15 is 0 Å². The molecule has 0 unspecified atom stereocenters.